The van der Waals surface area contributed by atoms with E-state index in [0.717, 1.165) is 6.42 Å². The number of aryl methyl sites for hydroxylation is 4. The van der Waals surface area contributed by atoms with Gasteiger partial charge in [0.05, 0.1) is 0 Å². The fourth-order valence-electron chi connectivity index (χ4n) is 3.20. The molecule has 2 heteroatoms. The van der Waals surface area contributed by atoms with Gasteiger partial charge < -0.3 is 5.32 Å². The number of thiophene rings is 1. The van der Waals surface area contributed by atoms with Crippen LogP contribution in [0.3, 0.4) is 0 Å². The number of rotatable bonds is 4. The molecule has 3 rings (SSSR count). The molecule has 1 unspecified atom stereocenters. The monoisotopic (exact) mass is 299 g/mol. The van der Waals surface area contributed by atoms with Gasteiger partial charge in [0.25, 0.3) is 0 Å². The molecule has 0 saturated heterocycles. The van der Waals surface area contributed by atoms with E-state index < -0.39 is 0 Å². The minimum Gasteiger partial charge on any atom is -0.312 e. The van der Waals surface area contributed by atoms with Gasteiger partial charge in [0.2, 0.25) is 0 Å². The number of hydrogen-bond donors (Lipinski definition) is 1. The van der Waals surface area contributed by atoms with Gasteiger partial charge in [0.1, 0.15) is 0 Å². The molecule has 1 aromatic heterocycles. The molecule has 1 aromatic carbocycles. The molecule has 1 atom stereocenters. The largest absolute Gasteiger partial charge is 0.312 e. The highest BCUT2D eigenvalue weighted by atomic mass is 32.1. The van der Waals surface area contributed by atoms with Crippen molar-refractivity contribution in [3.05, 3.63) is 56.3 Å². The molecule has 1 N–H and O–H groups in total. The summed E-state index contributed by atoms with van der Waals surface area (Å²) in [5.74, 6) is 0. The Morgan fingerprint density at radius 2 is 1.90 bits per heavy atom. The van der Waals surface area contributed by atoms with Crippen LogP contribution in [0.15, 0.2) is 24.3 Å². The number of likely N-dealkylation sites (N-methyl/N-ethyl adjacent to an activating group) is 1. The van der Waals surface area contributed by atoms with Crippen molar-refractivity contribution in [1.82, 2.24) is 5.32 Å². The van der Waals surface area contributed by atoms with Crippen LogP contribution in [0.1, 0.15) is 50.9 Å². The number of benzene rings is 1. The third-order valence-corrected chi connectivity index (χ3v) is 6.07. The Morgan fingerprint density at radius 3 is 2.62 bits per heavy atom. The highest BCUT2D eigenvalue weighted by Gasteiger charge is 2.18. The van der Waals surface area contributed by atoms with Crippen LogP contribution in [0.25, 0.3) is 0 Å². The summed E-state index contributed by atoms with van der Waals surface area (Å²) >= 11 is 2.03. The molecule has 2 aromatic rings. The summed E-state index contributed by atoms with van der Waals surface area (Å²) in [7, 11) is 2.09. The van der Waals surface area contributed by atoms with Crippen molar-refractivity contribution in [2.75, 3.05) is 7.05 Å². The van der Waals surface area contributed by atoms with Crippen LogP contribution in [-0.2, 0) is 19.3 Å². The molecule has 0 bridgehead atoms. The molecule has 0 radical (unpaired) electrons. The second-order valence-corrected chi connectivity index (χ2v) is 7.44. The lowest BCUT2D eigenvalue weighted by atomic mass is 9.97. The summed E-state index contributed by atoms with van der Waals surface area (Å²) in [5.41, 5.74) is 5.82. The van der Waals surface area contributed by atoms with Gasteiger partial charge in [-0.25, -0.2) is 0 Å². The van der Waals surface area contributed by atoms with Crippen molar-refractivity contribution in [3.8, 4) is 0 Å². The first-order chi connectivity index (χ1) is 10.2. The predicted molar refractivity (Wildman–Crippen MR) is 92.4 cm³/mol. The summed E-state index contributed by atoms with van der Waals surface area (Å²) in [6.45, 7) is 4.39. The minimum atomic E-state index is 0.447. The van der Waals surface area contributed by atoms with Crippen molar-refractivity contribution >= 4 is 11.3 Å². The average molecular weight is 299 g/mol. The highest BCUT2D eigenvalue weighted by Crippen LogP contribution is 2.34. The summed E-state index contributed by atoms with van der Waals surface area (Å²) in [4.78, 5) is 3.15. The first-order valence-corrected chi connectivity index (χ1v) is 8.84. The van der Waals surface area contributed by atoms with Gasteiger partial charge >= 0.3 is 0 Å². The van der Waals surface area contributed by atoms with Crippen molar-refractivity contribution < 1.29 is 0 Å². The third kappa shape index (κ3) is 3.22. The van der Waals surface area contributed by atoms with Crippen molar-refractivity contribution in [2.45, 2.75) is 52.0 Å². The fraction of sp³-hybridized carbons (Fsp3) is 0.474. The van der Waals surface area contributed by atoms with Gasteiger partial charge in [-0.3, -0.25) is 0 Å². The second kappa shape index (κ2) is 6.33. The molecule has 21 heavy (non-hydrogen) atoms. The Hall–Kier alpha value is -1.12. The number of hydrogen-bond acceptors (Lipinski definition) is 2. The lowest BCUT2D eigenvalue weighted by Gasteiger charge is -2.15. The summed E-state index contributed by atoms with van der Waals surface area (Å²) < 4.78 is 0. The van der Waals surface area contributed by atoms with Gasteiger partial charge in [-0.15, -0.1) is 11.3 Å². The van der Waals surface area contributed by atoms with E-state index >= 15 is 0 Å². The third-order valence-electron chi connectivity index (χ3n) is 4.72. The van der Waals surface area contributed by atoms with Crippen molar-refractivity contribution in [3.63, 3.8) is 0 Å². The van der Waals surface area contributed by atoms with Gasteiger partial charge in [0.15, 0.2) is 0 Å². The summed E-state index contributed by atoms with van der Waals surface area (Å²) in [6, 6.07) is 9.77. The van der Waals surface area contributed by atoms with Crippen LogP contribution < -0.4 is 5.32 Å². The number of nitrogens with one attached hydrogen (secondary N) is 1. The smallest absolute Gasteiger partial charge is 0.0453 e. The Bertz CT molecular complexity index is 603. The van der Waals surface area contributed by atoms with Crippen LogP contribution in [0.2, 0.25) is 0 Å². The van der Waals surface area contributed by atoms with E-state index in [9.17, 15) is 0 Å². The van der Waals surface area contributed by atoms with Crippen molar-refractivity contribution in [2.24, 2.45) is 0 Å². The van der Waals surface area contributed by atoms with Gasteiger partial charge in [-0.1, -0.05) is 18.2 Å². The molecule has 0 amide bonds. The van der Waals surface area contributed by atoms with E-state index in [0.29, 0.717) is 6.04 Å². The maximum absolute atomic E-state index is 3.52. The van der Waals surface area contributed by atoms with E-state index in [1.807, 2.05) is 11.3 Å². The van der Waals surface area contributed by atoms with E-state index in [1.54, 1.807) is 10.4 Å². The van der Waals surface area contributed by atoms with Gasteiger partial charge in [-0.05, 0) is 81.3 Å². The predicted octanol–water partition coefficient (Wildman–Crippen LogP) is 4.75. The van der Waals surface area contributed by atoms with Crippen LogP contribution in [0.4, 0.5) is 0 Å². The minimum absolute atomic E-state index is 0.447. The molecule has 112 valence electrons. The quantitative estimate of drug-likeness (QED) is 0.859. The second-order valence-electron chi connectivity index (χ2n) is 6.27. The lowest BCUT2D eigenvalue weighted by Crippen LogP contribution is -2.17. The summed E-state index contributed by atoms with van der Waals surface area (Å²) in [5, 5.41) is 3.52. The Balaban J connectivity index is 1.81. The van der Waals surface area contributed by atoms with Crippen LogP contribution in [0.5, 0.6) is 0 Å². The molecule has 0 saturated carbocycles. The molecule has 0 aliphatic heterocycles. The van der Waals surface area contributed by atoms with E-state index in [4.69, 9.17) is 0 Å². The molecule has 1 heterocycles. The van der Waals surface area contributed by atoms with E-state index in [2.05, 4.69) is 50.5 Å². The molecule has 1 aliphatic rings. The first kappa shape index (κ1) is 14.8. The maximum atomic E-state index is 3.52. The normalized spacial score (nSPS) is 15.8. The zero-order valence-electron chi connectivity index (χ0n) is 13.3. The highest BCUT2D eigenvalue weighted by molar-refractivity contribution is 7.12. The maximum Gasteiger partial charge on any atom is 0.0453 e. The SMILES string of the molecule is CNC(Cc1ccc(C)c(C)c1)c1cc2c(s1)CCCC2. The van der Waals surface area contributed by atoms with Gasteiger partial charge in [-0.2, -0.15) is 0 Å². The van der Waals surface area contributed by atoms with Crippen molar-refractivity contribution in [1.29, 1.82) is 0 Å². The Kier molecular flexibility index (Phi) is 4.46. The van der Waals surface area contributed by atoms with Crippen LogP contribution in [0, 0.1) is 13.8 Å². The molecule has 0 spiro atoms. The Morgan fingerprint density at radius 1 is 1.10 bits per heavy atom. The topological polar surface area (TPSA) is 12.0 Å². The van der Waals surface area contributed by atoms with Crippen LogP contribution >= 0.6 is 11.3 Å². The molecule has 0 fully saturated rings. The molecule has 1 nitrogen and oxygen atoms in total. The Labute approximate surface area is 132 Å². The zero-order chi connectivity index (χ0) is 14.8. The van der Waals surface area contributed by atoms with E-state index in [-0.39, 0.29) is 0 Å². The molecular formula is C19H25NS. The van der Waals surface area contributed by atoms with E-state index in [1.165, 1.54) is 47.3 Å². The average Bonchev–Trinajstić information content (AvgIpc) is 2.92. The van der Waals surface area contributed by atoms with Crippen LogP contribution in [-0.4, -0.2) is 7.05 Å². The first-order valence-electron chi connectivity index (χ1n) is 8.02. The fourth-order valence-corrected chi connectivity index (χ4v) is 4.56. The lowest BCUT2D eigenvalue weighted by molar-refractivity contribution is 0.601. The number of fused-ring (bicyclic) bond motifs is 1. The molecular weight excluding hydrogens is 274 g/mol. The van der Waals surface area contributed by atoms with Gasteiger partial charge in [0, 0.05) is 15.8 Å². The molecule has 1 aliphatic carbocycles. The standard InChI is InChI=1S/C19H25NS/c1-13-8-9-15(10-14(13)2)11-17(20-3)19-12-16-6-4-5-7-18(16)21-19/h8-10,12,17,20H,4-7,11H2,1-3H3. The summed E-state index contributed by atoms with van der Waals surface area (Å²) in [6.07, 6.45) is 6.39. The zero-order valence-corrected chi connectivity index (χ0v) is 14.1.